The molecule has 1 aliphatic heterocycles. The Bertz CT molecular complexity index is 929. The first-order valence-electron chi connectivity index (χ1n) is 9.85. The average molecular weight is 387 g/mol. The molecule has 29 heavy (non-hydrogen) atoms. The van der Waals surface area contributed by atoms with Crippen LogP contribution in [0.3, 0.4) is 0 Å². The van der Waals surface area contributed by atoms with E-state index in [1.54, 1.807) is 19.4 Å². The molecule has 0 aliphatic carbocycles. The molecule has 2 heterocycles. The summed E-state index contributed by atoms with van der Waals surface area (Å²) in [7, 11) is 1.67. The van der Waals surface area contributed by atoms with Gasteiger partial charge in [-0.25, -0.2) is 0 Å². The highest BCUT2D eigenvalue weighted by Gasteiger charge is 2.35. The number of ether oxygens (including phenoxy) is 1. The third-order valence-corrected chi connectivity index (χ3v) is 5.40. The second-order valence-corrected chi connectivity index (χ2v) is 7.35. The summed E-state index contributed by atoms with van der Waals surface area (Å²) in [6.45, 7) is 2.54. The fourth-order valence-electron chi connectivity index (χ4n) is 3.93. The lowest BCUT2D eigenvalue weighted by atomic mass is 9.94. The minimum absolute atomic E-state index is 0.0154. The molecule has 1 fully saturated rings. The molecule has 4 rings (SSSR count). The highest BCUT2D eigenvalue weighted by molar-refractivity contribution is 5.92. The predicted molar refractivity (Wildman–Crippen MR) is 113 cm³/mol. The van der Waals surface area contributed by atoms with Crippen molar-refractivity contribution in [2.24, 2.45) is 0 Å². The van der Waals surface area contributed by atoms with Gasteiger partial charge in [-0.3, -0.25) is 14.7 Å². The molecule has 0 spiro atoms. The van der Waals surface area contributed by atoms with E-state index >= 15 is 0 Å². The van der Waals surface area contributed by atoms with Gasteiger partial charge in [0.1, 0.15) is 11.4 Å². The van der Waals surface area contributed by atoms with Crippen molar-refractivity contribution in [2.75, 3.05) is 20.2 Å². The summed E-state index contributed by atoms with van der Waals surface area (Å²) in [5.74, 6) is 0.912. The maximum atomic E-state index is 12.7. The van der Waals surface area contributed by atoms with Crippen molar-refractivity contribution in [3.63, 3.8) is 0 Å². The molecule has 1 saturated heterocycles. The zero-order chi connectivity index (χ0) is 20.1. The Labute approximate surface area is 171 Å². The van der Waals surface area contributed by atoms with Crippen LogP contribution in [-0.4, -0.2) is 42.0 Å². The third-order valence-electron chi connectivity index (χ3n) is 5.40. The van der Waals surface area contributed by atoms with E-state index in [9.17, 15) is 4.79 Å². The molecule has 1 N–H and O–H groups in total. The minimum atomic E-state index is -0.129. The van der Waals surface area contributed by atoms with Crippen LogP contribution in [0.4, 0.5) is 0 Å². The van der Waals surface area contributed by atoms with Crippen LogP contribution in [0, 0.1) is 0 Å². The maximum Gasteiger partial charge on any atom is 0.270 e. The molecule has 1 aliphatic rings. The molecule has 1 amide bonds. The normalized spacial score (nSPS) is 19.1. The topological polar surface area (TPSA) is 54.5 Å². The molecule has 0 radical (unpaired) electrons. The summed E-state index contributed by atoms with van der Waals surface area (Å²) in [5.41, 5.74) is 2.92. The van der Waals surface area contributed by atoms with Crippen LogP contribution in [0.2, 0.25) is 0 Å². The summed E-state index contributed by atoms with van der Waals surface area (Å²) in [6, 6.07) is 24.0. The molecule has 2 aromatic carbocycles. The van der Waals surface area contributed by atoms with Gasteiger partial charge in [0.2, 0.25) is 0 Å². The molecule has 3 aromatic rings. The number of rotatable bonds is 6. The number of likely N-dealkylation sites (tertiary alicyclic amines) is 1. The quantitative estimate of drug-likeness (QED) is 0.704. The molecule has 5 heteroatoms. The van der Waals surface area contributed by atoms with Crippen LogP contribution in [0.15, 0.2) is 79.0 Å². The van der Waals surface area contributed by atoms with Gasteiger partial charge in [0.05, 0.1) is 7.11 Å². The van der Waals surface area contributed by atoms with Gasteiger partial charge in [0.25, 0.3) is 5.91 Å². The first kappa shape index (κ1) is 19.2. The Hall–Kier alpha value is -3.18. The predicted octanol–water partition coefficient (Wildman–Crippen LogP) is 3.49. The van der Waals surface area contributed by atoms with E-state index in [2.05, 4.69) is 51.6 Å². The van der Waals surface area contributed by atoms with E-state index in [0.717, 1.165) is 25.4 Å². The molecular weight excluding hydrogens is 362 g/mol. The van der Waals surface area contributed by atoms with Crippen molar-refractivity contribution < 1.29 is 9.53 Å². The minimum Gasteiger partial charge on any atom is -0.497 e. The first-order chi connectivity index (χ1) is 14.2. The number of carbonyl (C=O) groups is 1. The van der Waals surface area contributed by atoms with Gasteiger partial charge in [0.15, 0.2) is 0 Å². The summed E-state index contributed by atoms with van der Waals surface area (Å²) < 4.78 is 5.29. The lowest BCUT2D eigenvalue weighted by molar-refractivity contribution is 0.0930. The van der Waals surface area contributed by atoms with Crippen molar-refractivity contribution in [1.29, 1.82) is 0 Å². The molecule has 0 unspecified atom stereocenters. The van der Waals surface area contributed by atoms with Gasteiger partial charge < -0.3 is 10.1 Å². The number of nitrogens with one attached hydrogen (secondary N) is 1. The summed E-state index contributed by atoms with van der Waals surface area (Å²) in [6.07, 6.45) is 1.65. The standard InChI is InChI=1S/C24H25N3O2/c1-29-20-12-10-19(11-13-20)21-16-27(15-18-7-3-2-4-8-18)17-23(21)26-24(28)22-9-5-6-14-25-22/h2-14,21,23H,15-17H2,1H3,(H,26,28)/t21-,23+/m1/s1. The van der Waals surface area contributed by atoms with Gasteiger partial charge >= 0.3 is 0 Å². The molecule has 148 valence electrons. The Kier molecular flexibility index (Phi) is 5.86. The number of pyridine rings is 1. The summed E-state index contributed by atoms with van der Waals surface area (Å²) in [4.78, 5) is 19.3. The third kappa shape index (κ3) is 4.63. The lowest BCUT2D eigenvalue weighted by Gasteiger charge is -2.20. The van der Waals surface area contributed by atoms with Crippen molar-refractivity contribution in [3.05, 3.63) is 95.8 Å². The van der Waals surface area contributed by atoms with Gasteiger partial charge in [-0.2, -0.15) is 0 Å². The van der Waals surface area contributed by atoms with E-state index in [-0.39, 0.29) is 17.9 Å². The molecule has 5 nitrogen and oxygen atoms in total. The number of benzene rings is 2. The van der Waals surface area contributed by atoms with Crippen LogP contribution in [-0.2, 0) is 6.54 Å². The second-order valence-electron chi connectivity index (χ2n) is 7.35. The number of aromatic nitrogens is 1. The van der Waals surface area contributed by atoms with Crippen LogP contribution < -0.4 is 10.1 Å². The molecule has 0 saturated carbocycles. The van der Waals surface area contributed by atoms with Crippen LogP contribution in [0.1, 0.15) is 27.5 Å². The number of hydrogen-bond donors (Lipinski definition) is 1. The highest BCUT2D eigenvalue weighted by Crippen LogP contribution is 2.30. The zero-order valence-electron chi connectivity index (χ0n) is 16.5. The van der Waals surface area contributed by atoms with Crippen LogP contribution in [0.25, 0.3) is 0 Å². The fraction of sp³-hybridized carbons (Fsp3) is 0.250. The van der Waals surface area contributed by atoms with Crippen LogP contribution in [0.5, 0.6) is 5.75 Å². The van der Waals surface area contributed by atoms with Gasteiger partial charge in [0, 0.05) is 37.8 Å². The van der Waals surface area contributed by atoms with Crippen molar-refractivity contribution in [2.45, 2.75) is 18.5 Å². The van der Waals surface area contributed by atoms with Crippen molar-refractivity contribution in [1.82, 2.24) is 15.2 Å². The molecule has 1 aromatic heterocycles. The van der Waals surface area contributed by atoms with E-state index in [1.165, 1.54) is 11.1 Å². The number of methoxy groups -OCH3 is 1. The van der Waals surface area contributed by atoms with Crippen molar-refractivity contribution in [3.8, 4) is 5.75 Å². The largest absolute Gasteiger partial charge is 0.497 e. The van der Waals surface area contributed by atoms with Gasteiger partial charge in [-0.15, -0.1) is 0 Å². The number of carbonyl (C=O) groups excluding carboxylic acids is 1. The highest BCUT2D eigenvalue weighted by atomic mass is 16.5. The Morgan fingerprint density at radius 3 is 2.48 bits per heavy atom. The number of amides is 1. The van der Waals surface area contributed by atoms with Gasteiger partial charge in [-0.1, -0.05) is 48.5 Å². The zero-order valence-corrected chi connectivity index (χ0v) is 16.5. The molecule has 2 atom stereocenters. The SMILES string of the molecule is COc1ccc([C@H]2CN(Cc3ccccc3)C[C@@H]2NC(=O)c2ccccn2)cc1. The summed E-state index contributed by atoms with van der Waals surface area (Å²) >= 11 is 0. The maximum absolute atomic E-state index is 12.7. The van der Waals surface area contributed by atoms with E-state index < -0.39 is 0 Å². The van der Waals surface area contributed by atoms with Crippen molar-refractivity contribution >= 4 is 5.91 Å². The van der Waals surface area contributed by atoms with E-state index in [0.29, 0.717) is 5.69 Å². The molecular formula is C24H25N3O2. The van der Waals surface area contributed by atoms with Gasteiger partial charge in [-0.05, 0) is 35.4 Å². The monoisotopic (exact) mass is 387 g/mol. The average Bonchev–Trinajstić information content (AvgIpc) is 3.17. The van der Waals surface area contributed by atoms with E-state index in [1.807, 2.05) is 30.3 Å². The second kappa shape index (κ2) is 8.88. The number of hydrogen-bond acceptors (Lipinski definition) is 4. The fourth-order valence-corrected chi connectivity index (χ4v) is 3.93. The number of nitrogens with zero attached hydrogens (tertiary/aromatic N) is 2. The lowest BCUT2D eigenvalue weighted by Crippen LogP contribution is -2.40. The summed E-state index contributed by atoms with van der Waals surface area (Å²) in [5, 5.41) is 3.21. The smallest absolute Gasteiger partial charge is 0.270 e. The van der Waals surface area contributed by atoms with Crippen LogP contribution >= 0.6 is 0 Å². The molecule has 0 bridgehead atoms. The Morgan fingerprint density at radius 2 is 1.79 bits per heavy atom. The Balaban J connectivity index is 1.53. The first-order valence-corrected chi connectivity index (χ1v) is 9.85. The van der Waals surface area contributed by atoms with E-state index in [4.69, 9.17) is 4.74 Å². The Morgan fingerprint density at radius 1 is 1.03 bits per heavy atom.